The molecule has 0 radical (unpaired) electrons. The van der Waals surface area contributed by atoms with Crippen LogP contribution in [-0.2, 0) is 6.61 Å². The predicted molar refractivity (Wildman–Crippen MR) is 70.4 cm³/mol. The molecule has 18 heavy (non-hydrogen) atoms. The Hall–Kier alpha value is -1.84. The molecule has 0 saturated carbocycles. The molecule has 0 bridgehead atoms. The van der Waals surface area contributed by atoms with E-state index in [0.717, 1.165) is 16.7 Å². The van der Waals surface area contributed by atoms with E-state index < -0.39 is 0 Å². The summed E-state index contributed by atoms with van der Waals surface area (Å²) in [4.78, 5) is 4.06. The van der Waals surface area contributed by atoms with Crippen molar-refractivity contribution in [1.29, 1.82) is 0 Å². The van der Waals surface area contributed by atoms with Crippen molar-refractivity contribution in [3.8, 4) is 11.3 Å². The molecule has 4 heteroatoms. The summed E-state index contributed by atoms with van der Waals surface area (Å²) >= 11 is 5.99. The zero-order valence-electron chi connectivity index (χ0n) is 9.43. The first-order valence-electron chi connectivity index (χ1n) is 5.51. The van der Waals surface area contributed by atoms with E-state index in [-0.39, 0.29) is 6.61 Å². The molecule has 0 saturated heterocycles. The van der Waals surface area contributed by atoms with Crippen molar-refractivity contribution >= 4 is 22.6 Å². The first kappa shape index (κ1) is 11.3. The van der Waals surface area contributed by atoms with Gasteiger partial charge in [-0.1, -0.05) is 11.6 Å². The molecule has 1 N–H and O–H groups in total. The van der Waals surface area contributed by atoms with Crippen LogP contribution < -0.4 is 0 Å². The van der Waals surface area contributed by atoms with Gasteiger partial charge in [-0.15, -0.1) is 0 Å². The Balaban J connectivity index is 2.23. The second-order valence-electron chi connectivity index (χ2n) is 3.99. The van der Waals surface area contributed by atoms with Gasteiger partial charge in [0.15, 0.2) is 0 Å². The first-order chi connectivity index (χ1) is 8.78. The largest absolute Gasteiger partial charge is 0.456 e. The lowest BCUT2D eigenvalue weighted by atomic mass is 10.1. The minimum absolute atomic E-state index is 0.100. The molecule has 90 valence electrons. The minimum Gasteiger partial charge on any atom is -0.456 e. The fourth-order valence-electron chi connectivity index (χ4n) is 1.95. The number of halogens is 1. The zero-order chi connectivity index (χ0) is 12.5. The van der Waals surface area contributed by atoms with Crippen LogP contribution in [-0.4, -0.2) is 10.1 Å². The van der Waals surface area contributed by atoms with E-state index >= 15 is 0 Å². The van der Waals surface area contributed by atoms with Gasteiger partial charge in [0, 0.05) is 33.9 Å². The lowest BCUT2D eigenvalue weighted by Gasteiger charge is -1.98. The Morgan fingerprint density at radius 2 is 2.17 bits per heavy atom. The SMILES string of the molecule is OCc1cc(Cl)cc2cc(-c3cccnc3)oc12. The molecule has 3 rings (SSSR count). The van der Waals surface area contributed by atoms with Crippen molar-refractivity contribution < 1.29 is 9.52 Å². The van der Waals surface area contributed by atoms with Crippen LogP contribution >= 0.6 is 11.6 Å². The van der Waals surface area contributed by atoms with Gasteiger partial charge in [-0.25, -0.2) is 0 Å². The van der Waals surface area contributed by atoms with Crippen LogP contribution in [0.3, 0.4) is 0 Å². The third-order valence-corrected chi connectivity index (χ3v) is 2.99. The van der Waals surface area contributed by atoms with E-state index in [1.165, 1.54) is 0 Å². The summed E-state index contributed by atoms with van der Waals surface area (Å²) in [6.45, 7) is -0.100. The highest BCUT2D eigenvalue weighted by atomic mass is 35.5. The van der Waals surface area contributed by atoms with Crippen LogP contribution in [0, 0.1) is 0 Å². The average Bonchev–Trinajstić information content (AvgIpc) is 2.82. The van der Waals surface area contributed by atoms with Crippen LogP contribution in [0.15, 0.2) is 47.1 Å². The molecule has 0 aliphatic carbocycles. The summed E-state index contributed by atoms with van der Waals surface area (Å²) in [5.74, 6) is 0.718. The second-order valence-corrected chi connectivity index (χ2v) is 4.43. The molecule has 0 aliphatic heterocycles. The lowest BCUT2D eigenvalue weighted by molar-refractivity contribution is 0.282. The molecular formula is C14H10ClNO2. The van der Waals surface area contributed by atoms with Crippen molar-refractivity contribution in [3.05, 3.63) is 53.3 Å². The first-order valence-corrected chi connectivity index (χ1v) is 5.89. The number of hydrogen-bond donors (Lipinski definition) is 1. The van der Waals surface area contributed by atoms with Gasteiger partial charge < -0.3 is 9.52 Å². The molecule has 0 spiro atoms. The van der Waals surface area contributed by atoms with Crippen LogP contribution in [0.4, 0.5) is 0 Å². The van der Waals surface area contributed by atoms with Crippen LogP contribution in [0.2, 0.25) is 5.02 Å². The monoisotopic (exact) mass is 259 g/mol. The molecule has 0 unspecified atom stereocenters. The highest BCUT2D eigenvalue weighted by Gasteiger charge is 2.10. The highest BCUT2D eigenvalue weighted by molar-refractivity contribution is 6.31. The van der Waals surface area contributed by atoms with Crippen LogP contribution in [0.1, 0.15) is 5.56 Å². The molecule has 3 nitrogen and oxygen atoms in total. The predicted octanol–water partition coefficient (Wildman–Crippen LogP) is 3.64. The molecule has 2 heterocycles. The number of fused-ring (bicyclic) bond motifs is 1. The Kier molecular flexibility index (Phi) is 2.78. The standard InChI is InChI=1S/C14H10ClNO2/c15-12-4-10-6-13(9-2-1-3-16-7-9)18-14(10)11(5-12)8-17/h1-7,17H,8H2. The minimum atomic E-state index is -0.100. The lowest BCUT2D eigenvalue weighted by Crippen LogP contribution is -1.83. The van der Waals surface area contributed by atoms with Gasteiger partial charge in [-0.05, 0) is 30.3 Å². The maximum Gasteiger partial charge on any atom is 0.140 e. The van der Waals surface area contributed by atoms with Gasteiger partial charge in [0.25, 0.3) is 0 Å². The molecule has 0 fully saturated rings. The van der Waals surface area contributed by atoms with Crippen molar-refractivity contribution in [1.82, 2.24) is 4.98 Å². The fraction of sp³-hybridized carbons (Fsp3) is 0.0714. The van der Waals surface area contributed by atoms with Gasteiger partial charge in [0.05, 0.1) is 6.61 Å². The number of aliphatic hydroxyl groups is 1. The smallest absolute Gasteiger partial charge is 0.140 e. The van der Waals surface area contributed by atoms with Crippen molar-refractivity contribution in [2.75, 3.05) is 0 Å². The van der Waals surface area contributed by atoms with Gasteiger partial charge in [0.1, 0.15) is 11.3 Å². The van der Waals surface area contributed by atoms with E-state index in [9.17, 15) is 5.11 Å². The summed E-state index contributed by atoms with van der Waals surface area (Å²) in [6.07, 6.45) is 3.44. The average molecular weight is 260 g/mol. The Morgan fingerprint density at radius 3 is 2.89 bits per heavy atom. The summed E-state index contributed by atoms with van der Waals surface area (Å²) in [6, 6.07) is 9.20. The molecule has 1 aromatic carbocycles. The van der Waals surface area contributed by atoms with Crippen LogP contribution in [0.5, 0.6) is 0 Å². The molecule has 0 atom stereocenters. The van der Waals surface area contributed by atoms with Crippen molar-refractivity contribution in [3.63, 3.8) is 0 Å². The molecule has 0 amide bonds. The highest BCUT2D eigenvalue weighted by Crippen LogP contribution is 2.31. The molecule has 0 aliphatic rings. The van der Waals surface area contributed by atoms with Crippen molar-refractivity contribution in [2.45, 2.75) is 6.61 Å². The normalized spacial score (nSPS) is 11.0. The van der Waals surface area contributed by atoms with E-state index in [4.69, 9.17) is 16.0 Å². The number of rotatable bonds is 2. The van der Waals surface area contributed by atoms with Gasteiger partial charge in [-0.2, -0.15) is 0 Å². The number of furan rings is 1. The van der Waals surface area contributed by atoms with Crippen LogP contribution in [0.25, 0.3) is 22.3 Å². The fourth-order valence-corrected chi connectivity index (χ4v) is 2.20. The maximum atomic E-state index is 9.31. The summed E-state index contributed by atoms with van der Waals surface area (Å²) in [5, 5.41) is 10.8. The van der Waals surface area contributed by atoms with Gasteiger partial charge in [-0.3, -0.25) is 4.98 Å². The summed E-state index contributed by atoms with van der Waals surface area (Å²) in [5.41, 5.74) is 2.25. The number of aromatic nitrogens is 1. The third kappa shape index (κ3) is 1.88. The van der Waals surface area contributed by atoms with E-state index in [1.54, 1.807) is 18.5 Å². The third-order valence-electron chi connectivity index (χ3n) is 2.77. The summed E-state index contributed by atoms with van der Waals surface area (Å²) < 4.78 is 5.77. The van der Waals surface area contributed by atoms with E-state index in [2.05, 4.69) is 4.98 Å². The number of nitrogens with zero attached hydrogens (tertiary/aromatic N) is 1. The Bertz CT molecular complexity index is 692. The number of benzene rings is 1. The van der Waals surface area contributed by atoms with E-state index in [0.29, 0.717) is 16.2 Å². The topological polar surface area (TPSA) is 46.3 Å². The Morgan fingerprint density at radius 1 is 1.28 bits per heavy atom. The number of aliphatic hydroxyl groups excluding tert-OH is 1. The summed E-state index contributed by atoms with van der Waals surface area (Å²) in [7, 11) is 0. The number of hydrogen-bond acceptors (Lipinski definition) is 3. The van der Waals surface area contributed by atoms with Crippen molar-refractivity contribution in [2.24, 2.45) is 0 Å². The quantitative estimate of drug-likeness (QED) is 0.764. The van der Waals surface area contributed by atoms with Gasteiger partial charge in [0.2, 0.25) is 0 Å². The molecule has 2 aromatic heterocycles. The van der Waals surface area contributed by atoms with Gasteiger partial charge >= 0.3 is 0 Å². The number of pyridine rings is 1. The zero-order valence-corrected chi connectivity index (χ0v) is 10.2. The Labute approximate surface area is 109 Å². The second kappa shape index (κ2) is 4.44. The molecule has 3 aromatic rings. The molecular weight excluding hydrogens is 250 g/mol. The van der Waals surface area contributed by atoms with E-state index in [1.807, 2.05) is 24.3 Å². The maximum absolute atomic E-state index is 9.31.